The molecule has 0 aliphatic carbocycles. The molecule has 0 aromatic carbocycles. The molecular weight excluding hydrogens is 204 g/mol. The van der Waals surface area contributed by atoms with Crippen molar-refractivity contribution < 1.29 is 9.90 Å². The minimum atomic E-state index is -0.777. The van der Waals surface area contributed by atoms with Crippen LogP contribution in [0.3, 0.4) is 0 Å². The lowest BCUT2D eigenvalue weighted by Gasteiger charge is -2.10. The number of carboxylic acid groups (broad SMARTS) is 1. The van der Waals surface area contributed by atoms with Crippen molar-refractivity contribution in [3.05, 3.63) is 0 Å². The third-order valence-electron chi connectivity index (χ3n) is 1.73. The highest BCUT2D eigenvalue weighted by Crippen LogP contribution is 2.13. The van der Waals surface area contributed by atoms with Gasteiger partial charge in [-0.25, -0.2) is 0 Å². The molecule has 0 saturated carbocycles. The second kappa shape index (κ2) is 6.16. The van der Waals surface area contributed by atoms with Crippen LogP contribution >= 0.6 is 24.4 Å². The zero-order chi connectivity index (χ0) is 10.4. The molecule has 0 heterocycles. The molecule has 0 rings (SSSR count). The monoisotopic (exact) mass is 218 g/mol. The lowest BCUT2D eigenvalue weighted by atomic mass is 9.97. The van der Waals surface area contributed by atoms with Gasteiger partial charge in [-0.3, -0.25) is 4.79 Å². The zero-order valence-corrected chi connectivity index (χ0v) is 9.50. The van der Waals surface area contributed by atoms with Gasteiger partial charge in [0.05, 0.1) is 5.92 Å². The van der Waals surface area contributed by atoms with Crippen molar-refractivity contribution in [1.82, 2.24) is 0 Å². The standard InChI is InChI=1S/C9H14O2S2/c1-6(12)3-4-8(9(10)11)5-7(2)13/h8H,3-5H2,1-2H3,(H,10,11). The fraction of sp³-hybridized carbons (Fsp3) is 0.667. The SMILES string of the molecule is CC(=S)CCC(CC(C)=S)C(=O)O. The van der Waals surface area contributed by atoms with Crippen LogP contribution in [0.2, 0.25) is 0 Å². The predicted octanol–water partition coefficient (Wildman–Crippen LogP) is 2.64. The van der Waals surface area contributed by atoms with E-state index in [-0.39, 0.29) is 5.92 Å². The van der Waals surface area contributed by atoms with Crippen molar-refractivity contribution in [2.24, 2.45) is 5.92 Å². The van der Waals surface area contributed by atoms with Crippen molar-refractivity contribution in [3.8, 4) is 0 Å². The van der Waals surface area contributed by atoms with Gasteiger partial charge in [0.1, 0.15) is 0 Å². The van der Waals surface area contributed by atoms with Crippen LogP contribution in [0.4, 0.5) is 0 Å². The first-order valence-corrected chi connectivity index (χ1v) is 4.96. The quantitative estimate of drug-likeness (QED) is 0.695. The summed E-state index contributed by atoms with van der Waals surface area (Å²) in [6, 6.07) is 0. The lowest BCUT2D eigenvalue weighted by Crippen LogP contribution is -2.16. The number of aliphatic carboxylic acids is 1. The number of carboxylic acids is 1. The first-order valence-electron chi connectivity index (χ1n) is 4.15. The molecule has 1 unspecified atom stereocenters. The van der Waals surface area contributed by atoms with E-state index in [1.165, 1.54) is 0 Å². The molecule has 13 heavy (non-hydrogen) atoms. The molecule has 0 amide bonds. The molecule has 0 aliphatic rings. The van der Waals surface area contributed by atoms with Gasteiger partial charge in [-0.05, 0) is 42.8 Å². The average Bonchev–Trinajstić information content (AvgIpc) is 1.96. The fourth-order valence-electron chi connectivity index (χ4n) is 1.04. The maximum Gasteiger partial charge on any atom is 0.306 e. The summed E-state index contributed by atoms with van der Waals surface area (Å²) >= 11 is 9.76. The van der Waals surface area contributed by atoms with Crippen LogP contribution in [0.1, 0.15) is 33.1 Å². The molecule has 0 fully saturated rings. The van der Waals surface area contributed by atoms with Crippen molar-refractivity contribution >= 4 is 40.1 Å². The number of hydrogen-bond donors (Lipinski definition) is 1. The minimum absolute atomic E-state index is 0.365. The normalized spacial score (nSPS) is 12.2. The highest BCUT2D eigenvalue weighted by molar-refractivity contribution is 7.80. The van der Waals surface area contributed by atoms with Gasteiger partial charge >= 0.3 is 5.97 Å². The van der Waals surface area contributed by atoms with Crippen LogP contribution in [-0.4, -0.2) is 20.8 Å². The first kappa shape index (κ1) is 12.7. The Hall–Kier alpha value is -0.350. The van der Waals surface area contributed by atoms with Gasteiger partial charge in [0.15, 0.2) is 0 Å². The minimum Gasteiger partial charge on any atom is -0.481 e. The topological polar surface area (TPSA) is 37.3 Å². The molecule has 0 spiro atoms. The van der Waals surface area contributed by atoms with Crippen molar-refractivity contribution in [2.45, 2.75) is 33.1 Å². The van der Waals surface area contributed by atoms with Gasteiger partial charge in [-0.15, -0.1) is 0 Å². The van der Waals surface area contributed by atoms with Crippen LogP contribution in [-0.2, 0) is 4.79 Å². The largest absolute Gasteiger partial charge is 0.481 e. The van der Waals surface area contributed by atoms with Crippen molar-refractivity contribution in [3.63, 3.8) is 0 Å². The van der Waals surface area contributed by atoms with Crippen molar-refractivity contribution in [1.29, 1.82) is 0 Å². The highest BCUT2D eigenvalue weighted by Gasteiger charge is 2.17. The summed E-state index contributed by atoms with van der Waals surface area (Å²) < 4.78 is 0. The Bertz CT molecular complexity index is 224. The Balaban J connectivity index is 4.02. The van der Waals surface area contributed by atoms with E-state index in [1.807, 2.05) is 6.92 Å². The highest BCUT2D eigenvalue weighted by atomic mass is 32.1. The number of thiocarbonyl (C=S) groups is 2. The van der Waals surface area contributed by atoms with Crippen LogP contribution in [0.25, 0.3) is 0 Å². The molecular formula is C9H14O2S2. The van der Waals surface area contributed by atoms with Crippen LogP contribution in [0.5, 0.6) is 0 Å². The molecule has 2 nitrogen and oxygen atoms in total. The van der Waals surface area contributed by atoms with Gasteiger partial charge < -0.3 is 5.11 Å². The summed E-state index contributed by atoms with van der Waals surface area (Å²) in [4.78, 5) is 12.3. The van der Waals surface area contributed by atoms with Gasteiger partial charge in [-0.2, -0.15) is 0 Å². The van der Waals surface area contributed by atoms with Crippen LogP contribution in [0, 0.1) is 5.92 Å². The summed E-state index contributed by atoms with van der Waals surface area (Å²) in [6.45, 7) is 3.61. The molecule has 0 saturated heterocycles. The summed E-state index contributed by atoms with van der Waals surface area (Å²) in [5, 5.41) is 8.83. The zero-order valence-electron chi connectivity index (χ0n) is 7.87. The van der Waals surface area contributed by atoms with Gasteiger partial charge in [0.25, 0.3) is 0 Å². The van der Waals surface area contributed by atoms with E-state index in [9.17, 15) is 4.79 Å². The lowest BCUT2D eigenvalue weighted by molar-refractivity contribution is -0.141. The van der Waals surface area contributed by atoms with E-state index in [4.69, 9.17) is 29.5 Å². The van der Waals surface area contributed by atoms with Crippen molar-refractivity contribution in [2.75, 3.05) is 0 Å². The van der Waals surface area contributed by atoms with Gasteiger partial charge in [0.2, 0.25) is 0 Å². The Morgan fingerprint density at radius 2 is 1.85 bits per heavy atom. The van der Waals surface area contributed by atoms with E-state index >= 15 is 0 Å². The summed E-state index contributed by atoms with van der Waals surface area (Å²) in [5.41, 5.74) is 0. The maximum atomic E-state index is 10.7. The van der Waals surface area contributed by atoms with E-state index in [2.05, 4.69) is 0 Å². The van der Waals surface area contributed by atoms with Gasteiger partial charge in [0, 0.05) is 0 Å². The Kier molecular flexibility index (Phi) is 5.99. The molecule has 0 aromatic heterocycles. The second-order valence-electron chi connectivity index (χ2n) is 3.18. The summed E-state index contributed by atoms with van der Waals surface area (Å²) in [5.74, 6) is -1.14. The number of rotatable bonds is 6. The van der Waals surface area contributed by atoms with Gasteiger partial charge in [-0.1, -0.05) is 24.4 Å². The smallest absolute Gasteiger partial charge is 0.306 e. The Morgan fingerprint density at radius 1 is 1.31 bits per heavy atom. The molecule has 1 atom stereocenters. The number of hydrogen-bond acceptors (Lipinski definition) is 3. The molecule has 74 valence electrons. The molecule has 0 aliphatic heterocycles. The van der Waals surface area contributed by atoms with E-state index < -0.39 is 5.97 Å². The fourth-order valence-corrected chi connectivity index (χ4v) is 1.36. The molecule has 0 aromatic rings. The van der Waals surface area contributed by atoms with Crippen LogP contribution in [0.15, 0.2) is 0 Å². The first-order chi connectivity index (χ1) is 5.93. The molecule has 1 N–H and O–H groups in total. The third kappa shape index (κ3) is 6.78. The van der Waals surface area contributed by atoms with Crippen LogP contribution < -0.4 is 0 Å². The van der Waals surface area contributed by atoms with E-state index in [0.717, 1.165) is 9.73 Å². The third-order valence-corrected chi connectivity index (χ3v) is 2.10. The van der Waals surface area contributed by atoms with E-state index in [1.54, 1.807) is 6.92 Å². The molecule has 4 heteroatoms. The van der Waals surface area contributed by atoms with E-state index in [0.29, 0.717) is 19.3 Å². The predicted molar refractivity (Wildman–Crippen MR) is 61.5 cm³/mol. The number of carbonyl (C=O) groups is 1. The second-order valence-corrected chi connectivity index (χ2v) is 4.58. The molecule has 0 radical (unpaired) electrons. The average molecular weight is 218 g/mol. The Labute approximate surface area is 89.3 Å². The molecule has 0 bridgehead atoms. The Morgan fingerprint density at radius 3 is 2.15 bits per heavy atom. The summed E-state index contributed by atoms with van der Waals surface area (Å²) in [6.07, 6.45) is 1.76. The summed E-state index contributed by atoms with van der Waals surface area (Å²) in [7, 11) is 0. The maximum absolute atomic E-state index is 10.7.